The fourth-order valence-corrected chi connectivity index (χ4v) is 4.23. The average molecular weight is 586 g/mol. The van der Waals surface area contributed by atoms with Gasteiger partial charge in [-0.2, -0.15) is 0 Å². The van der Waals surface area contributed by atoms with Crippen LogP contribution in [0.1, 0.15) is 76.2 Å². The number of phosphoric acid groups is 1. The lowest BCUT2D eigenvalue weighted by Gasteiger charge is -2.28. The van der Waals surface area contributed by atoms with E-state index in [1.807, 2.05) is 0 Å². The topological polar surface area (TPSA) is 194 Å². The molecule has 1 heterocycles. The van der Waals surface area contributed by atoms with E-state index in [1.54, 1.807) is 34.6 Å². The summed E-state index contributed by atoms with van der Waals surface area (Å²) >= 11 is 0. The van der Waals surface area contributed by atoms with E-state index < -0.39 is 67.8 Å². The van der Waals surface area contributed by atoms with E-state index in [2.05, 4.69) is 4.52 Å². The third-order valence-electron chi connectivity index (χ3n) is 6.17. The Kier molecular flexibility index (Phi) is 11.2. The minimum Gasteiger partial charge on any atom is -0.507 e. The summed E-state index contributed by atoms with van der Waals surface area (Å²) in [4.78, 5) is 81.9. The molecule has 0 aliphatic carbocycles. The fraction of sp³-hybridized carbons (Fsp3) is 0.577. The first kappa shape index (κ1) is 33.1. The number of benzene rings is 1. The number of phenolic OH excluding ortho intramolecular Hbond substituents is 1. The molecule has 2 atom stereocenters. The van der Waals surface area contributed by atoms with Crippen molar-refractivity contribution in [2.24, 2.45) is 5.92 Å². The van der Waals surface area contributed by atoms with Crippen molar-refractivity contribution < 1.29 is 57.4 Å². The zero-order valence-electron chi connectivity index (χ0n) is 23.2. The van der Waals surface area contributed by atoms with Gasteiger partial charge in [-0.05, 0) is 64.5 Å². The molecule has 0 unspecified atom stereocenters. The lowest BCUT2D eigenvalue weighted by Crippen LogP contribution is -2.39. The molecule has 40 heavy (non-hydrogen) atoms. The number of hydrogen-bond acceptors (Lipinski definition) is 10. The highest BCUT2D eigenvalue weighted by Gasteiger charge is 2.30. The van der Waals surface area contributed by atoms with E-state index in [0.717, 1.165) is 11.0 Å². The average Bonchev–Trinajstić information content (AvgIpc) is 2.81. The van der Waals surface area contributed by atoms with E-state index in [-0.39, 0.29) is 54.8 Å². The van der Waals surface area contributed by atoms with Crippen LogP contribution in [0.5, 0.6) is 5.75 Å². The number of nitrogens with zero attached hydrogens (tertiary/aromatic N) is 1. The highest BCUT2D eigenvalue weighted by atomic mass is 31.2. The maximum Gasteiger partial charge on any atom is 0.469 e. The van der Waals surface area contributed by atoms with Gasteiger partial charge < -0.3 is 24.4 Å². The molecule has 0 radical (unpaired) electrons. The quantitative estimate of drug-likeness (QED) is 0.260. The fourth-order valence-electron chi connectivity index (χ4n) is 3.91. The Morgan fingerprint density at radius 2 is 1.70 bits per heavy atom. The number of cyclic esters (lactones) is 1. The first-order valence-electron chi connectivity index (χ1n) is 12.8. The number of ether oxygens (including phenoxy) is 2. The largest absolute Gasteiger partial charge is 0.507 e. The number of anilines is 1. The van der Waals surface area contributed by atoms with E-state index >= 15 is 0 Å². The van der Waals surface area contributed by atoms with Crippen LogP contribution in [-0.4, -0.2) is 69.2 Å². The highest BCUT2D eigenvalue weighted by Crippen LogP contribution is 2.36. The Labute approximate surface area is 232 Å². The van der Waals surface area contributed by atoms with Crippen molar-refractivity contribution in [3.8, 4) is 5.75 Å². The van der Waals surface area contributed by atoms with Crippen LogP contribution in [-0.2, 0) is 39.4 Å². The number of fused-ring (bicyclic) bond motifs is 1. The number of rotatable bonds is 5. The highest BCUT2D eigenvalue weighted by molar-refractivity contribution is 7.46. The number of carbonyl (C=O) groups excluding carboxylic acids is 5. The summed E-state index contributed by atoms with van der Waals surface area (Å²) in [6.07, 6.45) is -1.88. The third kappa shape index (κ3) is 9.81. The van der Waals surface area contributed by atoms with Crippen LogP contribution in [0.2, 0.25) is 0 Å². The summed E-state index contributed by atoms with van der Waals surface area (Å²) in [5.41, 5.74) is -0.970. The molecule has 0 aromatic heterocycles. The number of aryl methyl sites for hydroxylation is 1. The van der Waals surface area contributed by atoms with Crippen LogP contribution in [0.4, 0.5) is 10.5 Å². The van der Waals surface area contributed by atoms with E-state index in [0.29, 0.717) is 0 Å². The maximum absolute atomic E-state index is 13.1. The van der Waals surface area contributed by atoms with Gasteiger partial charge in [-0.15, -0.1) is 0 Å². The molecular weight excluding hydrogens is 549 g/mol. The van der Waals surface area contributed by atoms with Gasteiger partial charge in [0, 0.05) is 18.9 Å². The monoisotopic (exact) mass is 585 g/mol. The Morgan fingerprint density at radius 3 is 2.30 bits per heavy atom. The van der Waals surface area contributed by atoms with E-state index in [4.69, 9.17) is 19.3 Å². The number of phenols is 1. The van der Waals surface area contributed by atoms with Crippen LogP contribution in [0, 0.1) is 5.92 Å². The lowest BCUT2D eigenvalue weighted by atomic mass is 9.94. The van der Waals surface area contributed by atoms with Gasteiger partial charge >= 0.3 is 19.9 Å². The zero-order chi connectivity index (χ0) is 30.4. The molecule has 0 saturated carbocycles. The summed E-state index contributed by atoms with van der Waals surface area (Å²) in [6, 6.07) is 2.47. The van der Waals surface area contributed by atoms with Gasteiger partial charge in [0.05, 0.1) is 18.8 Å². The number of aromatic hydroxyl groups is 1. The van der Waals surface area contributed by atoms with Gasteiger partial charge in [-0.25, -0.2) is 14.2 Å². The van der Waals surface area contributed by atoms with Gasteiger partial charge in [0.25, 0.3) is 5.78 Å². The SMILES string of the molecule is C[C@@H]1CCC(=O)C(=O)C(=O)CCCc2cc(N(CCOP(=O)(O)O)C(=O)OC(C)(C)C)cc(O)c2C(=O)O[C@H]1C. The van der Waals surface area contributed by atoms with Gasteiger partial charge in [-0.1, -0.05) is 6.92 Å². The Morgan fingerprint density at radius 1 is 1.07 bits per heavy atom. The number of amides is 1. The van der Waals surface area contributed by atoms with Crippen molar-refractivity contribution in [2.45, 2.75) is 78.4 Å². The molecule has 1 aliphatic rings. The summed E-state index contributed by atoms with van der Waals surface area (Å²) in [6.45, 7) is 7.15. The van der Waals surface area contributed by atoms with Crippen LogP contribution in [0.3, 0.4) is 0 Å². The van der Waals surface area contributed by atoms with E-state index in [1.165, 1.54) is 6.07 Å². The second-order valence-electron chi connectivity index (χ2n) is 10.6. The molecule has 0 spiro atoms. The molecule has 1 aromatic carbocycles. The summed E-state index contributed by atoms with van der Waals surface area (Å²) < 4.78 is 26.6. The molecule has 1 aromatic rings. The first-order valence-corrected chi connectivity index (χ1v) is 14.3. The maximum atomic E-state index is 13.1. The predicted octanol–water partition coefficient (Wildman–Crippen LogP) is 3.25. The van der Waals surface area contributed by atoms with Gasteiger partial charge in [-0.3, -0.25) is 23.8 Å². The van der Waals surface area contributed by atoms with Gasteiger partial charge in [0.2, 0.25) is 11.6 Å². The summed E-state index contributed by atoms with van der Waals surface area (Å²) in [7, 11) is -4.85. The number of carbonyl (C=O) groups is 5. The molecular formula is C26H36NO12P. The minimum absolute atomic E-state index is 0.00715. The van der Waals surface area contributed by atoms with Crippen LogP contribution < -0.4 is 4.90 Å². The Bertz CT molecular complexity index is 1200. The Hall–Kier alpha value is -3.12. The van der Waals surface area contributed by atoms with Crippen molar-refractivity contribution in [1.29, 1.82) is 0 Å². The number of Topliss-reactive ketones (excluding diaryl/α,β-unsaturated/α-hetero) is 3. The molecule has 13 nitrogen and oxygen atoms in total. The smallest absolute Gasteiger partial charge is 0.469 e. The number of esters is 1. The second kappa shape index (κ2) is 13.5. The zero-order valence-corrected chi connectivity index (χ0v) is 24.1. The molecule has 0 saturated heterocycles. The van der Waals surface area contributed by atoms with Crippen LogP contribution >= 0.6 is 7.82 Å². The summed E-state index contributed by atoms with van der Waals surface area (Å²) in [5, 5.41) is 10.9. The second-order valence-corrected chi connectivity index (χ2v) is 11.8. The molecule has 14 heteroatoms. The third-order valence-corrected chi connectivity index (χ3v) is 6.68. The minimum atomic E-state index is -4.85. The molecule has 2 rings (SSSR count). The predicted molar refractivity (Wildman–Crippen MR) is 141 cm³/mol. The van der Waals surface area contributed by atoms with Gasteiger partial charge in [0.1, 0.15) is 23.0 Å². The normalized spacial score (nSPS) is 19.9. The lowest BCUT2D eigenvalue weighted by molar-refractivity contribution is -0.144. The molecule has 0 fully saturated rings. The summed E-state index contributed by atoms with van der Waals surface area (Å²) in [5.74, 6) is -4.52. The van der Waals surface area contributed by atoms with Crippen molar-refractivity contribution in [3.63, 3.8) is 0 Å². The van der Waals surface area contributed by atoms with Crippen molar-refractivity contribution in [1.82, 2.24) is 0 Å². The molecule has 222 valence electrons. The standard InChI is InChI=1S/C26H36NO12P/c1-15-9-10-20(29)23(31)19(28)8-6-7-17-13-18(14-21(30)22(17)24(32)38-16(15)2)27(11-12-37-40(34,35)36)25(33)39-26(3,4)5/h13-16,30H,6-12H2,1-5H3,(H2,34,35,36)/t15-,16+/m1/s1. The number of ketones is 3. The first-order chi connectivity index (χ1) is 18.4. The molecule has 1 aliphatic heterocycles. The Balaban J connectivity index is 2.54. The van der Waals surface area contributed by atoms with Crippen LogP contribution in [0.25, 0.3) is 0 Å². The van der Waals surface area contributed by atoms with Crippen LogP contribution in [0.15, 0.2) is 12.1 Å². The van der Waals surface area contributed by atoms with Crippen molar-refractivity contribution in [3.05, 3.63) is 23.3 Å². The van der Waals surface area contributed by atoms with Crippen molar-refractivity contribution >= 4 is 42.9 Å². The number of phosphoric ester groups is 1. The van der Waals surface area contributed by atoms with Gasteiger partial charge in [0.15, 0.2) is 0 Å². The molecule has 3 N–H and O–H groups in total. The molecule has 0 bridgehead atoms. The molecule has 1 amide bonds. The number of hydrogen-bond donors (Lipinski definition) is 3. The van der Waals surface area contributed by atoms with Crippen molar-refractivity contribution in [2.75, 3.05) is 18.1 Å². The van der Waals surface area contributed by atoms with E-state index in [9.17, 15) is 33.6 Å².